The van der Waals surface area contributed by atoms with Crippen LogP contribution in [0.25, 0.3) is 17.2 Å². The second-order valence-corrected chi connectivity index (χ2v) is 8.87. The van der Waals surface area contributed by atoms with E-state index >= 15 is 0 Å². The molecule has 1 aliphatic heterocycles. The fourth-order valence-corrected chi connectivity index (χ4v) is 4.35. The minimum atomic E-state index is -4.44. The highest BCUT2D eigenvalue weighted by molar-refractivity contribution is 6.21. The van der Waals surface area contributed by atoms with Crippen LogP contribution in [0.15, 0.2) is 103 Å². The first-order valence-electron chi connectivity index (χ1n) is 12.0. The Morgan fingerprint density at radius 3 is 1.90 bits per heavy atom. The van der Waals surface area contributed by atoms with E-state index < -0.39 is 17.6 Å². The molecule has 0 fully saturated rings. The first-order valence-corrected chi connectivity index (χ1v) is 12.0. The Kier molecular flexibility index (Phi) is 6.85. The molecule has 39 heavy (non-hydrogen) atoms. The van der Waals surface area contributed by atoms with Gasteiger partial charge in [-0.3, -0.25) is 19.3 Å². The van der Waals surface area contributed by atoms with E-state index in [1.165, 1.54) is 17.0 Å². The number of nitrogens with one attached hydrogen (secondary N) is 1. The molecule has 1 N–H and O–H groups in total. The van der Waals surface area contributed by atoms with Gasteiger partial charge in [0.15, 0.2) is 0 Å². The number of hydrogen-bond donors (Lipinski definition) is 1. The van der Waals surface area contributed by atoms with Gasteiger partial charge >= 0.3 is 6.18 Å². The monoisotopic (exact) mass is 526 g/mol. The number of imide groups is 1. The summed E-state index contributed by atoms with van der Waals surface area (Å²) in [5, 5.41) is 2.81. The van der Waals surface area contributed by atoms with Crippen molar-refractivity contribution < 1.29 is 27.6 Å². The third-order valence-corrected chi connectivity index (χ3v) is 6.34. The van der Waals surface area contributed by atoms with Crippen molar-refractivity contribution in [2.75, 3.05) is 11.9 Å². The van der Waals surface area contributed by atoms with Crippen LogP contribution in [0.3, 0.4) is 0 Å². The summed E-state index contributed by atoms with van der Waals surface area (Å²) in [6.45, 7) is 0.131. The van der Waals surface area contributed by atoms with Crippen molar-refractivity contribution in [3.63, 3.8) is 0 Å². The standard InChI is InChI=1S/C31H21F3N2O3/c32-31(33,34)22-15-13-21(14-16-22)24-7-1-2-8-25(24)28(37)35-23-17-11-20(12-18-23)6-5-19-36-29(38)26-9-3-4-10-27(26)30(36)39/h1-18H,19H2,(H,35,37)/b6-5+. The molecule has 0 bridgehead atoms. The lowest BCUT2D eigenvalue weighted by Crippen LogP contribution is -2.29. The Labute approximate surface area is 222 Å². The van der Waals surface area contributed by atoms with E-state index in [2.05, 4.69) is 5.32 Å². The maximum atomic E-state index is 13.0. The quantitative estimate of drug-likeness (QED) is 0.277. The molecule has 0 saturated heterocycles. The third-order valence-electron chi connectivity index (χ3n) is 6.34. The molecular formula is C31H21F3N2O3. The molecule has 0 saturated carbocycles. The van der Waals surface area contributed by atoms with Gasteiger partial charge in [-0.15, -0.1) is 0 Å². The molecule has 1 heterocycles. The van der Waals surface area contributed by atoms with Crippen LogP contribution in [0.2, 0.25) is 0 Å². The van der Waals surface area contributed by atoms with E-state index in [0.29, 0.717) is 33.5 Å². The molecule has 194 valence electrons. The molecule has 0 aliphatic carbocycles. The predicted octanol–water partition coefficient (Wildman–Crippen LogP) is 6.93. The normalized spacial score (nSPS) is 13.2. The summed E-state index contributed by atoms with van der Waals surface area (Å²) in [7, 11) is 0. The molecule has 0 atom stereocenters. The van der Waals surface area contributed by atoms with Crippen LogP contribution in [0.1, 0.15) is 42.2 Å². The molecule has 5 nitrogen and oxygen atoms in total. The predicted molar refractivity (Wildman–Crippen MR) is 142 cm³/mol. The number of hydrogen-bond acceptors (Lipinski definition) is 3. The minimum Gasteiger partial charge on any atom is -0.322 e. The first kappa shape index (κ1) is 25.7. The number of alkyl halides is 3. The number of rotatable bonds is 6. The van der Waals surface area contributed by atoms with E-state index in [1.807, 2.05) is 0 Å². The summed E-state index contributed by atoms with van der Waals surface area (Å²) in [5.74, 6) is -1.05. The summed E-state index contributed by atoms with van der Waals surface area (Å²) in [6, 6.07) is 25.0. The van der Waals surface area contributed by atoms with Gasteiger partial charge in [0, 0.05) is 17.8 Å². The molecule has 4 aromatic carbocycles. The number of carbonyl (C=O) groups excluding carboxylic acids is 3. The zero-order chi connectivity index (χ0) is 27.6. The second kappa shape index (κ2) is 10.4. The van der Waals surface area contributed by atoms with Crippen molar-refractivity contribution in [3.8, 4) is 11.1 Å². The van der Waals surface area contributed by atoms with Gasteiger partial charge in [-0.2, -0.15) is 13.2 Å². The van der Waals surface area contributed by atoms with Crippen molar-refractivity contribution in [2.45, 2.75) is 6.18 Å². The lowest BCUT2D eigenvalue weighted by Gasteiger charge is -2.12. The Morgan fingerprint density at radius 2 is 1.31 bits per heavy atom. The van der Waals surface area contributed by atoms with Crippen LogP contribution in [-0.4, -0.2) is 29.2 Å². The molecule has 4 aromatic rings. The highest BCUT2D eigenvalue weighted by Crippen LogP contribution is 2.32. The van der Waals surface area contributed by atoms with E-state index in [9.17, 15) is 27.6 Å². The van der Waals surface area contributed by atoms with Crippen molar-refractivity contribution in [1.82, 2.24) is 4.90 Å². The van der Waals surface area contributed by atoms with Crippen molar-refractivity contribution >= 4 is 29.5 Å². The summed E-state index contributed by atoms with van der Waals surface area (Å²) < 4.78 is 38.8. The number of amides is 3. The zero-order valence-electron chi connectivity index (χ0n) is 20.4. The summed E-state index contributed by atoms with van der Waals surface area (Å²) >= 11 is 0. The molecule has 0 radical (unpaired) electrons. The average Bonchev–Trinajstić information content (AvgIpc) is 3.18. The van der Waals surface area contributed by atoms with E-state index in [1.54, 1.807) is 84.9 Å². The Balaban J connectivity index is 1.24. The molecule has 8 heteroatoms. The summed E-state index contributed by atoms with van der Waals surface area (Å²) in [4.78, 5) is 39.1. The fourth-order valence-electron chi connectivity index (χ4n) is 4.35. The van der Waals surface area contributed by atoms with Gasteiger partial charge in [-0.05, 0) is 59.2 Å². The highest BCUT2D eigenvalue weighted by atomic mass is 19.4. The van der Waals surface area contributed by atoms with Crippen molar-refractivity contribution in [3.05, 3.63) is 131 Å². The number of carbonyl (C=O) groups is 3. The van der Waals surface area contributed by atoms with E-state index in [0.717, 1.165) is 17.7 Å². The van der Waals surface area contributed by atoms with Crippen LogP contribution in [-0.2, 0) is 6.18 Å². The number of halogens is 3. The maximum absolute atomic E-state index is 13.0. The largest absolute Gasteiger partial charge is 0.416 e. The second-order valence-electron chi connectivity index (χ2n) is 8.87. The van der Waals surface area contributed by atoms with Gasteiger partial charge in [0.1, 0.15) is 0 Å². The van der Waals surface area contributed by atoms with Crippen LogP contribution in [0.5, 0.6) is 0 Å². The summed E-state index contributed by atoms with van der Waals surface area (Å²) in [5.41, 5.74) is 2.69. The number of nitrogens with zero attached hydrogens (tertiary/aromatic N) is 1. The molecule has 0 spiro atoms. The molecule has 3 amide bonds. The lowest BCUT2D eigenvalue weighted by molar-refractivity contribution is -0.137. The van der Waals surface area contributed by atoms with Gasteiger partial charge in [-0.1, -0.05) is 66.7 Å². The molecule has 0 unspecified atom stereocenters. The van der Waals surface area contributed by atoms with Gasteiger partial charge in [0.25, 0.3) is 17.7 Å². The fraction of sp³-hybridized carbons (Fsp3) is 0.0645. The molecule has 1 aliphatic rings. The van der Waals surface area contributed by atoms with Crippen molar-refractivity contribution in [1.29, 1.82) is 0 Å². The third kappa shape index (κ3) is 5.36. The smallest absolute Gasteiger partial charge is 0.322 e. The summed E-state index contributed by atoms with van der Waals surface area (Å²) in [6.07, 6.45) is -0.948. The maximum Gasteiger partial charge on any atom is 0.416 e. The zero-order valence-corrected chi connectivity index (χ0v) is 20.4. The Morgan fingerprint density at radius 1 is 0.744 bits per heavy atom. The molecule has 5 rings (SSSR count). The number of fused-ring (bicyclic) bond motifs is 1. The highest BCUT2D eigenvalue weighted by Gasteiger charge is 2.34. The van der Waals surface area contributed by atoms with Crippen LogP contribution in [0.4, 0.5) is 18.9 Å². The average molecular weight is 527 g/mol. The van der Waals surface area contributed by atoms with E-state index in [4.69, 9.17) is 0 Å². The lowest BCUT2D eigenvalue weighted by atomic mass is 9.98. The Bertz CT molecular complexity index is 1560. The Hall–Kier alpha value is -4.98. The number of benzene rings is 4. The number of anilines is 1. The first-order chi connectivity index (χ1) is 18.7. The topological polar surface area (TPSA) is 66.5 Å². The van der Waals surface area contributed by atoms with Gasteiger partial charge in [0.05, 0.1) is 16.7 Å². The molecular weight excluding hydrogens is 505 g/mol. The van der Waals surface area contributed by atoms with E-state index in [-0.39, 0.29) is 18.4 Å². The van der Waals surface area contributed by atoms with Gasteiger partial charge in [-0.25, -0.2) is 0 Å². The SMILES string of the molecule is O=C(Nc1ccc(/C=C/CN2C(=O)c3ccccc3C2=O)cc1)c1ccccc1-c1ccc(C(F)(F)F)cc1. The minimum absolute atomic E-state index is 0.131. The van der Waals surface area contributed by atoms with Crippen LogP contribution in [0, 0.1) is 0 Å². The van der Waals surface area contributed by atoms with Crippen molar-refractivity contribution in [2.24, 2.45) is 0 Å². The van der Waals surface area contributed by atoms with Crippen LogP contribution >= 0.6 is 0 Å². The van der Waals surface area contributed by atoms with Gasteiger partial charge in [0.2, 0.25) is 0 Å². The molecule has 0 aromatic heterocycles. The van der Waals surface area contributed by atoms with Gasteiger partial charge < -0.3 is 5.32 Å². The van der Waals surface area contributed by atoms with Crippen LogP contribution < -0.4 is 5.32 Å².